The smallest absolute Gasteiger partial charge is 0.239 e. The maximum absolute atomic E-state index is 13.8. The fraction of sp³-hybridized carbons (Fsp3) is 0.441. The molecule has 0 spiro atoms. The Morgan fingerprint density at radius 1 is 0.977 bits per heavy atom. The van der Waals surface area contributed by atoms with Crippen molar-refractivity contribution in [2.75, 3.05) is 57.3 Å². The fourth-order valence-corrected chi connectivity index (χ4v) is 7.32. The summed E-state index contributed by atoms with van der Waals surface area (Å²) in [5.41, 5.74) is 18.0. The summed E-state index contributed by atoms with van der Waals surface area (Å²) in [6, 6.07) is 18.6. The third kappa shape index (κ3) is 8.31. The van der Waals surface area contributed by atoms with E-state index < -0.39 is 6.04 Å². The van der Waals surface area contributed by atoms with Gasteiger partial charge in [-0.2, -0.15) is 0 Å². The Labute approximate surface area is 264 Å². The Morgan fingerprint density at radius 3 is 2.47 bits per heavy atom. The van der Waals surface area contributed by atoms with Gasteiger partial charge in [0, 0.05) is 54.9 Å². The third-order valence-corrected chi connectivity index (χ3v) is 10.0. The quantitative estimate of drug-likeness (QED) is 0.221. The molecule has 43 heavy (non-hydrogen) atoms. The van der Waals surface area contributed by atoms with Crippen LogP contribution in [0.4, 0.5) is 10.1 Å². The topological polar surface area (TPSA) is 78.8 Å². The number of rotatable bonds is 10. The van der Waals surface area contributed by atoms with E-state index >= 15 is 0 Å². The molecule has 2 aliphatic rings. The molecule has 230 valence electrons. The van der Waals surface area contributed by atoms with E-state index in [0.717, 1.165) is 96.6 Å². The second kappa shape index (κ2) is 14.9. The lowest BCUT2D eigenvalue weighted by Crippen LogP contribution is -2.55. The van der Waals surface area contributed by atoms with Gasteiger partial charge < -0.3 is 21.3 Å². The molecule has 2 saturated heterocycles. The Kier molecular flexibility index (Phi) is 11.0. The van der Waals surface area contributed by atoms with Crippen LogP contribution < -0.4 is 11.5 Å². The number of amides is 1. The number of benzene rings is 3. The number of carbonyl (C=O) groups excluding carboxylic acids is 1. The molecular formula is C34H43ClFN5OS. The molecule has 5 rings (SSSR count). The molecular weight excluding hydrogens is 581 g/mol. The van der Waals surface area contributed by atoms with Gasteiger partial charge in [-0.05, 0) is 103 Å². The molecule has 0 saturated carbocycles. The summed E-state index contributed by atoms with van der Waals surface area (Å²) < 4.78 is 13.8. The van der Waals surface area contributed by atoms with Crippen molar-refractivity contribution in [3.8, 4) is 11.1 Å². The average Bonchev–Trinajstić information content (AvgIpc) is 3.01. The van der Waals surface area contributed by atoms with Crippen LogP contribution in [0.15, 0.2) is 65.6 Å². The monoisotopic (exact) mass is 623 g/mol. The van der Waals surface area contributed by atoms with E-state index in [1.54, 1.807) is 17.8 Å². The molecule has 9 heteroatoms. The van der Waals surface area contributed by atoms with Crippen LogP contribution in [-0.2, 0) is 17.8 Å². The highest BCUT2D eigenvalue weighted by molar-refractivity contribution is 7.99. The van der Waals surface area contributed by atoms with Crippen LogP contribution >= 0.6 is 23.4 Å². The number of nitrogen functional groups attached to an aromatic ring is 1. The minimum atomic E-state index is -0.457. The summed E-state index contributed by atoms with van der Waals surface area (Å²) in [5.74, 6) is 0.985. The van der Waals surface area contributed by atoms with Gasteiger partial charge in [0.25, 0.3) is 0 Å². The number of anilines is 1. The molecule has 2 heterocycles. The standard InChI is InChI=1S/C34H43ClFN5OS/c1-2-43-32-22-29(36)8-6-27(32)23-40-16-18-41(19-17-40)34(42)33(38)24-10-13-39(14-11-24)15-12-26-20-28(35)7-9-31(26)25-4-3-5-30(37)21-25/h3-9,20-22,24,33H,2,10-19,23,37-38H2,1H3/t33-/m1/s1. The molecule has 3 aromatic carbocycles. The zero-order valence-corrected chi connectivity index (χ0v) is 26.6. The van der Waals surface area contributed by atoms with Gasteiger partial charge in [-0.3, -0.25) is 9.69 Å². The third-order valence-electron chi connectivity index (χ3n) is 8.79. The molecule has 0 aliphatic carbocycles. The van der Waals surface area contributed by atoms with E-state index in [1.807, 2.05) is 35.2 Å². The molecule has 2 aliphatic heterocycles. The SMILES string of the molecule is CCSc1cc(F)ccc1CN1CCN(C(=O)[C@H](N)C2CCN(CCc3cc(Cl)ccc3-c3cccc(N)c3)CC2)CC1. The van der Waals surface area contributed by atoms with E-state index in [-0.39, 0.29) is 17.6 Å². The summed E-state index contributed by atoms with van der Waals surface area (Å²) in [7, 11) is 0. The number of nitrogens with zero attached hydrogens (tertiary/aromatic N) is 3. The van der Waals surface area contributed by atoms with E-state index in [1.165, 1.54) is 11.6 Å². The van der Waals surface area contributed by atoms with E-state index in [9.17, 15) is 9.18 Å². The fourth-order valence-electron chi connectivity index (χ4n) is 6.30. The number of piperazine rings is 1. The predicted molar refractivity (Wildman–Crippen MR) is 177 cm³/mol. The molecule has 1 amide bonds. The van der Waals surface area contributed by atoms with Crippen LogP contribution in [0.3, 0.4) is 0 Å². The van der Waals surface area contributed by atoms with Gasteiger partial charge in [0.1, 0.15) is 5.82 Å². The van der Waals surface area contributed by atoms with Crippen LogP contribution in [0.25, 0.3) is 11.1 Å². The predicted octanol–water partition coefficient (Wildman–Crippen LogP) is 5.77. The lowest BCUT2D eigenvalue weighted by atomic mass is 9.88. The van der Waals surface area contributed by atoms with Gasteiger partial charge in [0.05, 0.1) is 6.04 Å². The average molecular weight is 624 g/mol. The number of hydrogen-bond donors (Lipinski definition) is 2. The van der Waals surface area contributed by atoms with Crippen LogP contribution in [-0.4, -0.2) is 78.2 Å². The summed E-state index contributed by atoms with van der Waals surface area (Å²) in [4.78, 5) is 21.1. The molecule has 1 atom stereocenters. The first-order chi connectivity index (χ1) is 20.8. The molecule has 3 aromatic rings. The molecule has 0 bridgehead atoms. The summed E-state index contributed by atoms with van der Waals surface area (Å²) in [6.45, 7) is 8.60. The Bertz CT molecular complexity index is 1390. The molecule has 4 N–H and O–H groups in total. The molecule has 2 fully saturated rings. The second-order valence-electron chi connectivity index (χ2n) is 11.7. The van der Waals surface area contributed by atoms with Gasteiger partial charge in [0.2, 0.25) is 5.91 Å². The lowest BCUT2D eigenvalue weighted by molar-refractivity contribution is -0.136. The normalized spacial score (nSPS) is 17.7. The van der Waals surface area contributed by atoms with Crippen molar-refractivity contribution in [1.29, 1.82) is 0 Å². The minimum absolute atomic E-state index is 0.0767. The van der Waals surface area contributed by atoms with Crippen molar-refractivity contribution in [2.24, 2.45) is 11.7 Å². The van der Waals surface area contributed by atoms with Crippen molar-refractivity contribution >= 4 is 35.0 Å². The van der Waals surface area contributed by atoms with Crippen LogP contribution in [0.2, 0.25) is 5.02 Å². The number of thioether (sulfide) groups is 1. The van der Waals surface area contributed by atoms with Crippen molar-refractivity contribution in [3.05, 3.63) is 82.6 Å². The van der Waals surface area contributed by atoms with E-state index in [4.69, 9.17) is 23.1 Å². The number of halogens is 2. The lowest BCUT2D eigenvalue weighted by Gasteiger charge is -2.39. The highest BCUT2D eigenvalue weighted by Gasteiger charge is 2.32. The first-order valence-electron chi connectivity index (χ1n) is 15.4. The molecule has 6 nitrogen and oxygen atoms in total. The van der Waals surface area contributed by atoms with Gasteiger partial charge in [-0.15, -0.1) is 11.8 Å². The van der Waals surface area contributed by atoms with Crippen molar-refractivity contribution in [3.63, 3.8) is 0 Å². The van der Waals surface area contributed by atoms with Gasteiger partial charge in [-0.25, -0.2) is 4.39 Å². The number of carbonyl (C=O) groups is 1. The number of hydrogen-bond acceptors (Lipinski definition) is 6. The van der Waals surface area contributed by atoms with Crippen LogP contribution in [0.1, 0.15) is 30.9 Å². The zero-order chi connectivity index (χ0) is 30.3. The number of piperidine rings is 1. The highest BCUT2D eigenvalue weighted by Crippen LogP contribution is 2.30. The summed E-state index contributed by atoms with van der Waals surface area (Å²) in [5, 5.41) is 0.738. The Morgan fingerprint density at radius 2 is 1.74 bits per heavy atom. The van der Waals surface area contributed by atoms with Crippen molar-refractivity contribution in [1.82, 2.24) is 14.7 Å². The van der Waals surface area contributed by atoms with Gasteiger partial charge in [-0.1, -0.05) is 42.8 Å². The molecule has 0 unspecified atom stereocenters. The molecule has 0 radical (unpaired) electrons. The van der Waals surface area contributed by atoms with Gasteiger partial charge in [0.15, 0.2) is 0 Å². The summed E-state index contributed by atoms with van der Waals surface area (Å²) in [6.07, 6.45) is 2.74. The Hall–Kier alpha value is -2.62. The first-order valence-corrected chi connectivity index (χ1v) is 16.7. The summed E-state index contributed by atoms with van der Waals surface area (Å²) >= 11 is 8.04. The van der Waals surface area contributed by atoms with E-state index in [2.05, 4.69) is 34.9 Å². The highest BCUT2D eigenvalue weighted by atomic mass is 35.5. The van der Waals surface area contributed by atoms with Gasteiger partial charge >= 0.3 is 0 Å². The number of likely N-dealkylation sites (tertiary alicyclic amines) is 1. The van der Waals surface area contributed by atoms with Crippen molar-refractivity contribution < 1.29 is 9.18 Å². The first kappa shape index (κ1) is 31.8. The van der Waals surface area contributed by atoms with E-state index in [0.29, 0.717) is 13.1 Å². The Balaban J connectivity index is 1.08. The number of nitrogens with two attached hydrogens (primary N) is 2. The van der Waals surface area contributed by atoms with Crippen molar-refractivity contribution in [2.45, 2.75) is 43.7 Å². The maximum Gasteiger partial charge on any atom is 0.239 e. The molecule has 0 aromatic heterocycles. The largest absolute Gasteiger partial charge is 0.399 e. The second-order valence-corrected chi connectivity index (χ2v) is 13.4. The van der Waals surface area contributed by atoms with Crippen LogP contribution in [0.5, 0.6) is 0 Å². The zero-order valence-electron chi connectivity index (χ0n) is 25.0. The minimum Gasteiger partial charge on any atom is -0.399 e. The maximum atomic E-state index is 13.8. The van der Waals surface area contributed by atoms with Crippen LogP contribution in [0, 0.1) is 11.7 Å².